The first kappa shape index (κ1) is 9.01. The summed E-state index contributed by atoms with van der Waals surface area (Å²) in [5.41, 5.74) is 0. The molecule has 0 aromatic rings. The van der Waals surface area contributed by atoms with E-state index in [0.717, 1.165) is 25.6 Å². The van der Waals surface area contributed by atoms with Gasteiger partial charge < -0.3 is 9.47 Å². The minimum absolute atomic E-state index is 0.0763. The molecule has 0 aromatic heterocycles. The SMILES string of the molecule is CCO[C@H]1C[C@@H](C(C)C)CO1. The van der Waals surface area contributed by atoms with Crippen LogP contribution in [0.1, 0.15) is 27.2 Å². The molecule has 0 amide bonds. The molecular weight excluding hydrogens is 140 g/mol. The first-order chi connectivity index (χ1) is 5.24. The highest BCUT2D eigenvalue weighted by molar-refractivity contribution is 4.70. The molecule has 0 saturated carbocycles. The van der Waals surface area contributed by atoms with Crippen LogP contribution < -0.4 is 0 Å². The van der Waals surface area contributed by atoms with E-state index < -0.39 is 0 Å². The van der Waals surface area contributed by atoms with E-state index in [1.807, 2.05) is 6.92 Å². The summed E-state index contributed by atoms with van der Waals surface area (Å²) < 4.78 is 10.8. The smallest absolute Gasteiger partial charge is 0.157 e. The molecule has 0 spiro atoms. The Kier molecular flexibility index (Phi) is 3.34. The zero-order valence-electron chi connectivity index (χ0n) is 7.67. The lowest BCUT2D eigenvalue weighted by molar-refractivity contribution is -0.106. The molecule has 66 valence electrons. The maximum absolute atomic E-state index is 5.45. The second-order valence-corrected chi connectivity index (χ2v) is 3.46. The summed E-state index contributed by atoms with van der Waals surface area (Å²) in [5, 5.41) is 0. The number of hydrogen-bond donors (Lipinski definition) is 0. The monoisotopic (exact) mass is 158 g/mol. The third-order valence-electron chi connectivity index (χ3n) is 2.29. The summed E-state index contributed by atoms with van der Waals surface area (Å²) in [6, 6.07) is 0. The van der Waals surface area contributed by atoms with Crippen molar-refractivity contribution in [2.75, 3.05) is 13.2 Å². The highest BCUT2D eigenvalue weighted by atomic mass is 16.7. The van der Waals surface area contributed by atoms with Crippen molar-refractivity contribution in [1.29, 1.82) is 0 Å². The molecule has 0 N–H and O–H groups in total. The topological polar surface area (TPSA) is 18.5 Å². The van der Waals surface area contributed by atoms with Crippen LogP contribution in [0.2, 0.25) is 0 Å². The molecule has 11 heavy (non-hydrogen) atoms. The van der Waals surface area contributed by atoms with Crippen molar-refractivity contribution in [3.05, 3.63) is 0 Å². The van der Waals surface area contributed by atoms with Gasteiger partial charge in [0.1, 0.15) is 0 Å². The van der Waals surface area contributed by atoms with Gasteiger partial charge in [0.05, 0.1) is 6.61 Å². The van der Waals surface area contributed by atoms with Gasteiger partial charge in [-0.15, -0.1) is 0 Å². The lowest BCUT2D eigenvalue weighted by atomic mass is 9.95. The van der Waals surface area contributed by atoms with E-state index in [9.17, 15) is 0 Å². The Labute approximate surface area is 68.9 Å². The van der Waals surface area contributed by atoms with Crippen molar-refractivity contribution in [3.8, 4) is 0 Å². The highest BCUT2D eigenvalue weighted by Crippen LogP contribution is 2.26. The maximum atomic E-state index is 5.45. The molecule has 0 bridgehead atoms. The van der Waals surface area contributed by atoms with Crippen molar-refractivity contribution >= 4 is 0 Å². The Balaban J connectivity index is 2.23. The quantitative estimate of drug-likeness (QED) is 0.625. The van der Waals surface area contributed by atoms with Crippen molar-refractivity contribution in [3.63, 3.8) is 0 Å². The summed E-state index contributed by atoms with van der Waals surface area (Å²) in [7, 11) is 0. The average molecular weight is 158 g/mol. The van der Waals surface area contributed by atoms with E-state index in [4.69, 9.17) is 9.47 Å². The fourth-order valence-electron chi connectivity index (χ4n) is 1.38. The second kappa shape index (κ2) is 4.07. The minimum atomic E-state index is 0.0763. The van der Waals surface area contributed by atoms with Crippen LogP contribution in [-0.4, -0.2) is 19.5 Å². The van der Waals surface area contributed by atoms with E-state index in [1.54, 1.807) is 0 Å². The van der Waals surface area contributed by atoms with Crippen molar-refractivity contribution in [1.82, 2.24) is 0 Å². The van der Waals surface area contributed by atoms with Crippen LogP contribution in [0, 0.1) is 11.8 Å². The standard InChI is InChI=1S/C9H18O2/c1-4-10-9-5-8(6-11-9)7(2)3/h7-9H,4-6H2,1-3H3/t8-,9-/m1/s1. The molecule has 0 aliphatic carbocycles. The van der Waals surface area contributed by atoms with Gasteiger partial charge in [-0.25, -0.2) is 0 Å². The van der Waals surface area contributed by atoms with E-state index in [1.165, 1.54) is 0 Å². The summed E-state index contributed by atoms with van der Waals surface area (Å²) in [5.74, 6) is 1.42. The van der Waals surface area contributed by atoms with E-state index in [2.05, 4.69) is 13.8 Å². The van der Waals surface area contributed by atoms with E-state index in [-0.39, 0.29) is 6.29 Å². The maximum Gasteiger partial charge on any atom is 0.157 e. The molecule has 1 fully saturated rings. The Bertz CT molecular complexity index is 112. The molecule has 0 aromatic carbocycles. The molecule has 1 heterocycles. The minimum Gasteiger partial charge on any atom is -0.353 e. The van der Waals surface area contributed by atoms with Gasteiger partial charge in [0, 0.05) is 13.0 Å². The Morgan fingerprint density at radius 3 is 2.73 bits per heavy atom. The van der Waals surface area contributed by atoms with Crippen LogP contribution in [0.25, 0.3) is 0 Å². The molecular formula is C9H18O2. The fourth-order valence-corrected chi connectivity index (χ4v) is 1.38. The largest absolute Gasteiger partial charge is 0.353 e. The zero-order valence-corrected chi connectivity index (χ0v) is 7.67. The van der Waals surface area contributed by atoms with Crippen LogP contribution in [0.4, 0.5) is 0 Å². The van der Waals surface area contributed by atoms with Crippen LogP contribution in [-0.2, 0) is 9.47 Å². The fraction of sp³-hybridized carbons (Fsp3) is 1.00. The molecule has 0 radical (unpaired) electrons. The van der Waals surface area contributed by atoms with Gasteiger partial charge >= 0.3 is 0 Å². The molecule has 1 rings (SSSR count). The molecule has 2 heteroatoms. The van der Waals surface area contributed by atoms with Crippen LogP contribution in [0.15, 0.2) is 0 Å². The highest BCUT2D eigenvalue weighted by Gasteiger charge is 2.27. The number of hydrogen-bond acceptors (Lipinski definition) is 2. The van der Waals surface area contributed by atoms with Gasteiger partial charge in [-0.2, -0.15) is 0 Å². The number of rotatable bonds is 3. The van der Waals surface area contributed by atoms with Gasteiger partial charge in [0.2, 0.25) is 0 Å². The van der Waals surface area contributed by atoms with Gasteiger partial charge in [0.15, 0.2) is 6.29 Å². The number of ether oxygens (including phenoxy) is 2. The molecule has 0 unspecified atom stereocenters. The lowest BCUT2D eigenvalue weighted by Gasteiger charge is -2.11. The van der Waals surface area contributed by atoms with E-state index >= 15 is 0 Å². The van der Waals surface area contributed by atoms with E-state index in [0.29, 0.717) is 5.92 Å². The van der Waals surface area contributed by atoms with Crippen molar-refractivity contribution in [2.45, 2.75) is 33.5 Å². The molecule has 1 aliphatic heterocycles. The summed E-state index contributed by atoms with van der Waals surface area (Å²) in [4.78, 5) is 0. The van der Waals surface area contributed by atoms with Gasteiger partial charge in [-0.1, -0.05) is 13.8 Å². The Morgan fingerprint density at radius 2 is 2.27 bits per heavy atom. The summed E-state index contributed by atoms with van der Waals surface area (Å²) in [6.45, 7) is 8.12. The van der Waals surface area contributed by atoms with Crippen molar-refractivity contribution in [2.24, 2.45) is 11.8 Å². The van der Waals surface area contributed by atoms with Crippen LogP contribution in [0.3, 0.4) is 0 Å². The van der Waals surface area contributed by atoms with Crippen LogP contribution >= 0.6 is 0 Å². The molecule has 1 saturated heterocycles. The molecule has 2 atom stereocenters. The second-order valence-electron chi connectivity index (χ2n) is 3.46. The predicted molar refractivity (Wildman–Crippen MR) is 44.3 cm³/mol. The average Bonchev–Trinajstić information content (AvgIpc) is 2.37. The Hall–Kier alpha value is -0.0800. The van der Waals surface area contributed by atoms with Crippen LogP contribution in [0.5, 0.6) is 0 Å². The predicted octanol–water partition coefficient (Wildman–Crippen LogP) is 2.04. The Morgan fingerprint density at radius 1 is 1.55 bits per heavy atom. The summed E-state index contributed by atoms with van der Waals surface area (Å²) in [6.07, 6.45) is 1.15. The lowest BCUT2D eigenvalue weighted by Crippen LogP contribution is -2.11. The third kappa shape index (κ3) is 2.46. The summed E-state index contributed by atoms with van der Waals surface area (Å²) >= 11 is 0. The normalized spacial score (nSPS) is 31.6. The molecule has 2 nitrogen and oxygen atoms in total. The van der Waals surface area contributed by atoms with Gasteiger partial charge in [-0.05, 0) is 18.8 Å². The van der Waals surface area contributed by atoms with Gasteiger partial charge in [0.25, 0.3) is 0 Å². The van der Waals surface area contributed by atoms with Crippen molar-refractivity contribution < 1.29 is 9.47 Å². The first-order valence-corrected chi connectivity index (χ1v) is 4.47. The third-order valence-corrected chi connectivity index (χ3v) is 2.29. The first-order valence-electron chi connectivity index (χ1n) is 4.47. The zero-order chi connectivity index (χ0) is 8.27. The van der Waals surface area contributed by atoms with Gasteiger partial charge in [-0.3, -0.25) is 0 Å². The molecule has 1 aliphatic rings.